The van der Waals surface area contributed by atoms with Crippen LogP contribution in [0.4, 0.5) is 5.69 Å². The third-order valence-electron chi connectivity index (χ3n) is 2.84. The van der Waals surface area contributed by atoms with Gasteiger partial charge in [-0.2, -0.15) is 0 Å². The molecule has 0 amide bonds. The van der Waals surface area contributed by atoms with Crippen molar-refractivity contribution in [2.24, 2.45) is 0 Å². The highest BCUT2D eigenvalue weighted by atomic mass is 79.9. The predicted molar refractivity (Wildman–Crippen MR) is 81.6 cm³/mol. The van der Waals surface area contributed by atoms with Crippen molar-refractivity contribution < 1.29 is 14.5 Å². The number of non-ortho nitro benzene ring substituents is 1. The van der Waals surface area contributed by atoms with Crippen molar-refractivity contribution >= 4 is 27.4 Å². The molecule has 0 aromatic heterocycles. The van der Waals surface area contributed by atoms with Gasteiger partial charge < -0.3 is 4.74 Å². The van der Waals surface area contributed by atoms with Crippen LogP contribution >= 0.6 is 15.9 Å². The van der Waals surface area contributed by atoms with Crippen LogP contribution in [0.5, 0.6) is 5.75 Å². The Kier molecular flexibility index (Phi) is 4.70. The Hall–Kier alpha value is -2.21. The highest BCUT2D eigenvalue weighted by Crippen LogP contribution is 2.25. The molecule has 21 heavy (non-hydrogen) atoms. The van der Waals surface area contributed by atoms with Crippen LogP contribution in [0.15, 0.2) is 46.9 Å². The van der Waals surface area contributed by atoms with E-state index in [-0.39, 0.29) is 18.1 Å². The summed E-state index contributed by atoms with van der Waals surface area (Å²) < 4.78 is 6.40. The van der Waals surface area contributed by atoms with Gasteiger partial charge in [0.1, 0.15) is 12.4 Å². The summed E-state index contributed by atoms with van der Waals surface area (Å²) in [6, 6.07) is 11.4. The van der Waals surface area contributed by atoms with Gasteiger partial charge in [0.25, 0.3) is 5.69 Å². The minimum atomic E-state index is -0.454. The van der Waals surface area contributed by atoms with Gasteiger partial charge in [0.15, 0.2) is 5.78 Å². The monoisotopic (exact) mass is 349 g/mol. The van der Waals surface area contributed by atoms with Crippen molar-refractivity contribution in [3.05, 3.63) is 68.2 Å². The maximum atomic E-state index is 11.6. The number of ketones is 1. The second kappa shape index (κ2) is 6.49. The van der Waals surface area contributed by atoms with E-state index in [9.17, 15) is 14.9 Å². The highest BCUT2D eigenvalue weighted by molar-refractivity contribution is 9.10. The summed E-state index contributed by atoms with van der Waals surface area (Å²) in [5.41, 5.74) is 1.15. The Morgan fingerprint density at radius 3 is 2.71 bits per heavy atom. The van der Waals surface area contributed by atoms with Gasteiger partial charge in [0.05, 0.1) is 10.5 Å². The topological polar surface area (TPSA) is 69.4 Å². The third-order valence-corrected chi connectivity index (χ3v) is 3.33. The van der Waals surface area contributed by atoms with Gasteiger partial charge in [-0.25, -0.2) is 0 Å². The SMILES string of the molecule is CC(=O)c1cc(Br)ccc1OCc1cccc([N+](=O)[O-])c1. The van der Waals surface area contributed by atoms with E-state index in [1.54, 1.807) is 30.3 Å². The standard InChI is InChI=1S/C15H12BrNO4/c1-10(18)14-8-12(16)5-6-15(14)21-9-11-3-2-4-13(7-11)17(19)20/h2-8H,9H2,1H3. The quantitative estimate of drug-likeness (QED) is 0.462. The average Bonchev–Trinajstić information content (AvgIpc) is 2.46. The Morgan fingerprint density at radius 2 is 2.05 bits per heavy atom. The summed E-state index contributed by atoms with van der Waals surface area (Å²) in [4.78, 5) is 21.9. The maximum Gasteiger partial charge on any atom is 0.269 e. The number of halogens is 1. The van der Waals surface area contributed by atoms with E-state index < -0.39 is 4.92 Å². The molecular formula is C15H12BrNO4. The molecule has 0 heterocycles. The minimum Gasteiger partial charge on any atom is -0.488 e. The van der Waals surface area contributed by atoms with Crippen molar-refractivity contribution in [1.82, 2.24) is 0 Å². The number of hydrogen-bond donors (Lipinski definition) is 0. The lowest BCUT2D eigenvalue weighted by Crippen LogP contribution is -2.02. The molecule has 0 fully saturated rings. The average molecular weight is 350 g/mol. The number of carbonyl (C=O) groups is 1. The summed E-state index contributed by atoms with van der Waals surface area (Å²) in [6.45, 7) is 1.62. The molecule has 0 saturated heterocycles. The van der Waals surface area contributed by atoms with Crippen LogP contribution in [0.1, 0.15) is 22.8 Å². The van der Waals surface area contributed by atoms with Crippen molar-refractivity contribution in [2.75, 3.05) is 0 Å². The first-order valence-electron chi connectivity index (χ1n) is 6.14. The molecule has 0 unspecified atom stereocenters. The van der Waals surface area contributed by atoms with Gasteiger partial charge in [-0.05, 0) is 30.7 Å². The van der Waals surface area contributed by atoms with Gasteiger partial charge >= 0.3 is 0 Å². The summed E-state index contributed by atoms with van der Waals surface area (Å²) in [5.74, 6) is 0.350. The van der Waals surface area contributed by atoms with E-state index in [2.05, 4.69) is 15.9 Å². The molecule has 2 aromatic rings. The minimum absolute atomic E-state index is 0.0127. The molecule has 0 radical (unpaired) electrons. The van der Waals surface area contributed by atoms with Crippen LogP contribution in [0.25, 0.3) is 0 Å². The smallest absolute Gasteiger partial charge is 0.269 e. The van der Waals surface area contributed by atoms with Crippen LogP contribution in [-0.4, -0.2) is 10.7 Å². The van der Waals surface area contributed by atoms with E-state index in [4.69, 9.17) is 4.74 Å². The summed E-state index contributed by atoms with van der Waals surface area (Å²) in [7, 11) is 0. The van der Waals surface area contributed by atoms with Gasteiger partial charge in [0.2, 0.25) is 0 Å². The second-order valence-electron chi connectivity index (χ2n) is 4.41. The number of carbonyl (C=O) groups excluding carboxylic acids is 1. The predicted octanol–water partition coefficient (Wildman–Crippen LogP) is 4.14. The Morgan fingerprint density at radius 1 is 1.29 bits per heavy atom. The Balaban J connectivity index is 2.18. The first-order chi connectivity index (χ1) is 9.97. The molecule has 0 bridgehead atoms. The second-order valence-corrected chi connectivity index (χ2v) is 5.33. The molecule has 2 aromatic carbocycles. The van der Waals surface area contributed by atoms with Crippen LogP contribution in [0.3, 0.4) is 0 Å². The van der Waals surface area contributed by atoms with Crippen LogP contribution in [-0.2, 0) is 6.61 Å². The fourth-order valence-electron chi connectivity index (χ4n) is 1.82. The van der Waals surface area contributed by atoms with Crippen molar-refractivity contribution in [3.63, 3.8) is 0 Å². The summed E-state index contributed by atoms with van der Waals surface area (Å²) in [6.07, 6.45) is 0. The van der Waals surface area contributed by atoms with Crippen LogP contribution in [0, 0.1) is 10.1 Å². The number of ether oxygens (including phenoxy) is 1. The fourth-order valence-corrected chi connectivity index (χ4v) is 2.19. The van der Waals surface area contributed by atoms with Crippen molar-refractivity contribution in [2.45, 2.75) is 13.5 Å². The molecule has 0 aliphatic heterocycles. The lowest BCUT2D eigenvalue weighted by molar-refractivity contribution is -0.384. The molecule has 0 saturated carbocycles. The normalized spacial score (nSPS) is 10.2. The Labute approximate surface area is 129 Å². The largest absolute Gasteiger partial charge is 0.488 e. The van der Waals surface area contributed by atoms with Crippen molar-refractivity contribution in [1.29, 1.82) is 0 Å². The first kappa shape index (κ1) is 15.2. The van der Waals surface area contributed by atoms with E-state index in [0.717, 1.165) is 4.47 Å². The molecule has 0 spiro atoms. The van der Waals surface area contributed by atoms with Crippen molar-refractivity contribution in [3.8, 4) is 5.75 Å². The molecule has 108 valence electrons. The number of benzene rings is 2. The summed E-state index contributed by atoms with van der Waals surface area (Å²) >= 11 is 3.30. The van der Waals surface area contributed by atoms with E-state index >= 15 is 0 Å². The highest BCUT2D eigenvalue weighted by Gasteiger charge is 2.10. The van der Waals surface area contributed by atoms with E-state index in [0.29, 0.717) is 16.9 Å². The van der Waals surface area contributed by atoms with Crippen LogP contribution < -0.4 is 4.74 Å². The fraction of sp³-hybridized carbons (Fsp3) is 0.133. The third kappa shape index (κ3) is 3.88. The zero-order valence-corrected chi connectivity index (χ0v) is 12.8. The molecule has 0 aliphatic rings. The van der Waals surface area contributed by atoms with Gasteiger partial charge in [0, 0.05) is 16.6 Å². The van der Waals surface area contributed by atoms with Gasteiger partial charge in [-0.3, -0.25) is 14.9 Å². The summed E-state index contributed by atoms with van der Waals surface area (Å²) in [5, 5.41) is 10.7. The van der Waals surface area contributed by atoms with Crippen LogP contribution in [0.2, 0.25) is 0 Å². The Bertz CT molecular complexity index is 700. The number of nitrogens with zero attached hydrogens (tertiary/aromatic N) is 1. The van der Waals surface area contributed by atoms with Gasteiger partial charge in [-0.1, -0.05) is 28.1 Å². The first-order valence-corrected chi connectivity index (χ1v) is 6.93. The molecule has 0 atom stereocenters. The molecule has 2 rings (SSSR count). The van der Waals surface area contributed by atoms with E-state index in [1.165, 1.54) is 19.1 Å². The lowest BCUT2D eigenvalue weighted by atomic mass is 10.1. The molecule has 5 nitrogen and oxygen atoms in total. The molecule has 0 N–H and O–H groups in total. The molecule has 6 heteroatoms. The molecular weight excluding hydrogens is 338 g/mol. The zero-order valence-electron chi connectivity index (χ0n) is 11.2. The number of nitro benzene ring substituents is 1. The number of Topliss-reactive ketones (excluding diaryl/α,β-unsaturated/α-hetero) is 1. The number of hydrogen-bond acceptors (Lipinski definition) is 4. The number of nitro groups is 1. The lowest BCUT2D eigenvalue weighted by Gasteiger charge is -2.10. The maximum absolute atomic E-state index is 11.6. The zero-order chi connectivity index (χ0) is 15.4. The number of rotatable bonds is 5. The van der Waals surface area contributed by atoms with E-state index in [1.807, 2.05) is 0 Å². The molecule has 0 aliphatic carbocycles. The van der Waals surface area contributed by atoms with Gasteiger partial charge in [-0.15, -0.1) is 0 Å².